The fraction of sp³-hybridized carbons (Fsp3) is 0.478. The lowest BCUT2D eigenvalue weighted by Crippen LogP contribution is -2.48. The molecule has 1 spiro atoms. The summed E-state index contributed by atoms with van der Waals surface area (Å²) in [6.45, 7) is 7.02. The van der Waals surface area contributed by atoms with Gasteiger partial charge in [0.05, 0.1) is 23.6 Å². The molecule has 152 valence electrons. The van der Waals surface area contributed by atoms with E-state index >= 15 is 0 Å². The number of nitrogens with zero attached hydrogens (tertiary/aromatic N) is 3. The van der Waals surface area contributed by atoms with Crippen LogP contribution in [0.5, 0.6) is 0 Å². The molecule has 0 radical (unpaired) electrons. The van der Waals surface area contributed by atoms with Gasteiger partial charge in [0, 0.05) is 36.7 Å². The van der Waals surface area contributed by atoms with Crippen molar-refractivity contribution in [3.8, 4) is 0 Å². The maximum atomic E-state index is 13.1. The number of H-pyrrole nitrogens is 1. The topological polar surface area (TPSA) is 63.1 Å². The van der Waals surface area contributed by atoms with Gasteiger partial charge in [0.25, 0.3) is 5.91 Å². The van der Waals surface area contributed by atoms with Crippen molar-refractivity contribution in [2.75, 3.05) is 19.7 Å². The van der Waals surface area contributed by atoms with Crippen molar-refractivity contribution in [1.82, 2.24) is 19.7 Å². The van der Waals surface area contributed by atoms with Gasteiger partial charge in [0.15, 0.2) is 0 Å². The fourth-order valence-corrected chi connectivity index (χ4v) is 4.98. The lowest BCUT2D eigenvalue weighted by molar-refractivity contribution is -0.0957. The molecule has 3 aromatic rings. The first-order chi connectivity index (χ1) is 14.1. The molecule has 0 unspecified atom stereocenters. The normalized spacial score (nSPS) is 18.3. The quantitative estimate of drug-likeness (QED) is 0.738. The SMILES string of the molecule is CCCn1cc(C(=O)N2CCC3(CC2)OCCc2c3[nH]c3ccccc23)c(C)n1. The molecule has 0 aliphatic carbocycles. The van der Waals surface area contributed by atoms with Crippen LogP contribution in [0.3, 0.4) is 0 Å². The van der Waals surface area contributed by atoms with E-state index in [-0.39, 0.29) is 11.5 Å². The van der Waals surface area contributed by atoms with Gasteiger partial charge in [-0.2, -0.15) is 5.10 Å². The van der Waals surface area contributed by atoms with Gasteiger partial charge < -0.3 is 14.6 Å². The highest BCUT2D eigenvalue weighted by Gasteiger charge is 2.43. The number of hydrogen-bond donors (Lipinski definition) is 1. The van der Waals surface area contributed by atoms with E-state index in [4.69, 9.17) is 4.74 Å². The number of benzene rings is 1. The maximum absolute atomic E-state index is 13.1. The fourth-order valence-electron chi connectivity index (χ4n) is 4.98. The van der Waals surface area contributed by atoms with Gasteiger partial charge in [-0.15, -0.1) is 0 Å². The largest absolute Gasteiger partial charge is 0.368 e. The van der Waals surface area contributed by atoms with Gasteiger partial charge in [-0.3, -0.25) is 9.48 Å². The predicted octanol–water partition coefficient (Wildman–Crippen LogP) is 3.79. The lowest BCUT2D eigenvalue weighted by atomic mass is 9.83. The number of aromatic nitrogens is 3. The Balaban J connectivity index is 1.38. The Labute approximate surface area is 170 Å². The summed E-state index contributed by atoms with van der Waals surface area (Å²) in [5, 5.41) is 5.80. The molecule has 1 fully saturated rings. The van der Waals surface area contributed by atoms with Gasteiger partial charge in [0.2, 0.25) is 0 Å². The third kappa shape index (κ3) is 2.97. The summed E-state index contributed by atoms with van der Waals surface area (Å²) in [5.74, 6) is 0.0902. The molecule has 1 aromatic carbocycles. The van der Waals surface area contributed by atoms with Crippen LogP contribution in [0, 0.1) is 6.92 Å². The summed E-state index contributed by atoms with van der Waals surface area (Å²) < 4.78 is 8.25. The lowest BCUT2D eigenvalue weighted by Gasteiger charge is -2.43. The summed E-state index contributed by atoms with van der Waals surface area (Å²) in [5.41, 5.74) is 5.04. The summed E-state index contributed by atoms with van der Waals surface area (Å²) in [6.07, 6.45) is 5.49. The van der Waals surface area contributed by atoms with Crippen molar-refractivity contribution in [3.63, 3.8) is 0 Å². The first-order valence-corrected chi connectivity index (χ1v) is 10.7. The number of hydrogen-bond acceptors (Lipinski definition) is 3. The molecule has 2 aromatic heterocycles. The van der Waals surface area contributed by atoms with Crippen LogP contribution in [0.1, 0.15) is 53.5 Å². The summed E-state index contributed by atoms with van der Waals surface area (Å²) in [6, 6.07) is 8.50. The Kier molecular flexibility index (Phi) is 4.46. The minimum Gasteiger partial charge on any atom is -0.368 e. The Bertz CT molecular complexity index is 1060. The molecular weight excluding hydrogens is 364 g/mol. The highest BCUT2D eigenvalue weighted by atomic mass is 16.5. The zero-order valence-electron chi connectivity index (χ0n) is 17.2. The average molecular weight is 393 g/mol. The number of amides is 1. The zero-order valence-corrected chi connectivity index (χ0v) is 17.2. The Morgan fingerprint density at radius 3 is 2.86 bits per heavy atom. The zero-order chi connectivity index (χ0) is 20.0. The number of piperidine rings is 1. The number of nitrogens with one attached hydrogen (secondary N) is 1. The standard InChI is InChI=1S/C23H28N4O2/c1-3-11-27-15-19(16(2)25-27)22(28)26-12-9-23(10-13-26)21-18(8-14-29-23)17-6-4-5-7-20(17)24-21/h4-7,15,24H,3,8-14H2,1-2H3. The molecule has 2 aliphatic rings. The molecule has 0 bridgehead atoms. The number of aromatic amines is 1. The molecule has 6 heteroatoms. The number of likely N-dealkylation sites (tertiary alicyclic amines) is 1. The van der Waals surface area contributed by atoms with E-state index in [0.717, 1.165) is 50.1 Å². The van der Waals surface area contributed by atoms with Crippen LogP contribution in [0.2, 0.25) is 0 Å². The first kappa shape index (κ1) is 18.4. The monoisotopic (exact) mass is 392 g/mol. The van der Waals surface area contributed by atoms with Gasteiger partial charge >= 0.3 is 0 Å². The van der Waals surface area contributed by atoms with Gasteiger partial charge in [-0.25, -0.2) is 0 Å². The maximum Gasteiger partial charge on any atom is 0.257 e. The van der Waals surface area contributed by atoms with Crippen molar-refractivity contribution in [1.29, 1.82) is 0 Å². The van der Waals surface area contributed by atoms with Gasteiger partial charge in [0.1, 0.15) is 5.60 Å². The number of aryl methyl sites for hydroxylation is 2. The van der Waals surface area contributed by atoms with Crippen LogP contribution in [0.15, 0.2) is 30.5 Å². The van der Waals surface area contributed by atoms with E-state index < -0.39 is 0 Å². The van der Waals surface area contributed by atoms with Crippen LogP contribution in [-0.4, -0.2) is 45.3 Å². The highest BCUT2D eigenvalue weighted by molar-refractivity contribution is 5.95. The predicted molar refractivity (Wildman–Crippen MR) is 112 cm³/mol. The second-order valence-electron chi connectivity index (χ2n) is 8.30. The van der Waals surface area contributed by atoms with Crippen LogP contribution < -0.4 is 0 Å². The van der Waals surface area contributed by atoms with E-state index in [1.807, 2.05) is 22.7 Å². The number of fused-ring (bicyclic) bond motifs is 4. The summed E-state index contributed by atoms with van der Waals surface area (Å²) >= 11 is 0. The van der Waals surface area contributed by atoms with Crippen molar-refractivity contribution >= 4 is 16.8 Å². The molecule has 1 saturated heterocycles. The van der Waals surface area contributed by atoms with Crippen molar-refractivity contribution in [3.05, 3.63) is 53.0 Å². The number of ether oxygens (including phenoxy) is 1. The minimum atomic E-state index is -0.301. The summed E-state index contributed by atoms with van der Waals surface area (Å²) in [7, 11) is 0. The van der Waals surface area contributed by atoms with Crippen LogP contribution in [-0.2, 0) is 23.3 Å². The third-order valence-electron chi connectivity index (χ3n) is 6.49. The minimum absolute atomic E-state index is 0.0902. The summed E-state index contributed by atoms with van der Waals surface area (Å²) in [4.78, 5) is 18.7. The first-order valence-electron chi connectivity index (χ1n) is 10.7. The molecular formula is C23H28N4O2. The molecule has 4 heterocycles. The molecule has 1 N–H and O–H groups in total. The number of rotatable bonds is 3. The molecule has 0 atom stereocenters. The van der Waals surface area contributed by atoms with Crippen LogP contribution >= 0.6 is 0 Å². The third-order valence-corrected chi connectivity index (χ3v) is 6.49. The van der Waals surface area contributed by atoms with Gasteiger partial charge in [-0.05, 0) is 44.2 Å². The van der Waals surface area contributed by atoms with Crippen molar-refractivity contribution < 1.29 is 9.53 Å². The van der Waals surface area contributed by atoms with Crippen LogP contribution in [0.25, 0.3) is 10.9 Å². The smallest absolute Gasteiger partial charge is 0.257 e. The number of para-hydroxylation sites is 1. The van der Waals surface area contributed by atoms with Crippen LogP contribution in [0.4, 0.5) is 0 Å². The number of carbonyl (C=O) groups is 1. The Morgan fingerprint density at radius 2 is 2.07 bits per heavy atom. The molecule has 0 saturated carbocycles. The molecule has 29 heavy (non-hydrogen) atoms. The molecule has 2 aliphatic heterocycles. The second-order valence-corrected chi connectivity index (χ2v) is 8.30. The van der Waals surface area contributed by atoms with E-state index in [9.17, 15) is 4.79 Å². The van der Waals surface area contributed by atoms with E-state index in [0.29, 0.717) is 13.1 Å². The Hall–Kier alpha value is -2.60. The van der Waals surface area contributed by atoms with E-state index in [1.165, 1.54) is 22.2 Å². The van der Waals surface area contributed by atoms with E-state index in [1.54, 1.807) is 0 Å². The second kappa shape index (κ2) is 7.02. The molecule has 6 nitrogen and oxygen atoms in total. The molecule has 1 amide bonds. The highest BCUT2D eigenvalue weighted by Crippen LogP contribution is 2.43. The van der Waals surface area contributed by atoms with Crippen molar-refractivity contribution in [2.24, 2.45) is 0 Å². The number of carbonyl (C=O) groups excluding carboxylic acids is 1. The van der Waals surface area contributed by atoms with E-state index in [2.05, 4.69) is 41.3 Å². The van der Waals surface area contributed by atoms with Gasteiger partial charge in [-0.1, -0.05) is 25.1 Å². The Morgan fingerprint density at radius 1 is 1.28 bits per heavy atom. The van der Waals surface area contributed by atoms with Crippen molar-refractivity contribution in [2.45, 2.75) is 51.7 Å². The molecule has 5 rings (SSSR count). The average Bonchev–Trinajstić information content (AvgIpc) is 3.30.